The lowest BCUT2D eigenvalue weighted by Gasteiger charge is -2.07. The topological polar surface area (TPSA) is 67.4 Å². The highest BCUT2D eigenvalue weighted by molar-refractivity contribution is 5.74. The van der Waals surface area contributed by atoms with E-state index < -0.39 is 0 Å². The predicted octanol–water partition coefficient (Wildman–Crippen LogP) is 1.83. The zero-order valence-electron chi connectivity index (χ0n) is 11.1. The van der Waals surface area contributed by atoms with Gasteiger partial charge in [0.1, 0.15) is 0 Å². The summed E-state index contributed by atoms with van der Waals surface area (Å²) < 4.78 is 4.79. The summed E-state index contributed by atoms with van der Waals surface area (Å²) in [5.74, 6) is -0.228. The first kappa shape index (κ1) is 15.0. The Morgan fingerprint density at radius 2 is 1.89 bits per heavy atom. The summed E-state index contributed by atoms with van der Waals surface area (Å²) in [5, 5.41) is 5.44. The van der Waals surface area contributed by atoms with E-state index in [-0.39, 0.29) is 12.0 Å². The molecule has 0 aliphatic carbocycles. The van der Waals surface area contributed by atoms with E-state index in [0.717, 1.165) is 5.56 Å². The van der Waals surface area contributed by atoms with Gasteiger partial charge >= 0.3 is 12.0 Å². The van der Waals surface area contributed by atoms with Crippen LogP contribution in [0.2, 0.25) is 0 Å². The molecule has 2 amide bonds. The molecular formula is C14H20N2O3. The van der Waals surface area contributed by atoms with Gasteiger partial charge in [0, 0.05) is 19.5 Å². The Morgan fingerprint density at radius 1 is 1.16 bits per heavy atom. The number of carbonyl (C=O) groups excluding carboxylic acids is 2. The van der Waals surface area contributed by atoms with Crippen molar-refractivity contribution in [2.24, 2.45) is 0 Å². The zero-order valence-corrected chi connectivity index (χ0v) is 11.1. The van der Waals surface area contributed by atoms with Gasteiger partial charge in [-0.3, -0.25) is 4.79 Å². The molecule has 0 aliphatic rings. The molecule has 0 heterocycles. The summed E-state index contributed by atoms with van der Waals surface area (Å²) in [6.45, 7) is 3.11. The normalized spacial score (nSPS) is 9.74. The second-order valence-electron chi connectivity index (χ2n) is 4.00. The Bertz CT molecular complexity index is 393. The van der Waals surface area contributed by atoms with E-state index in [1.807, 2.05) is 30.3 Å². The molecule has 0 radical (unpaired) electrons. The fourth-order valence-corrected chi connectivity index (χ4v) is 1.51. The number of ether oxygens (including phenoxy) is 1. The monoisotopic (exact) mass is 264 g/mol. The molecule has 2 N–H and O–H groups in total. The van der Waals surface area contributed by atoms with Gasteiger partial charge in [0.2, 0.25) is 0 Å². The van der Waals surface area contributed by atoms with Crippen molar-refractivity contribution in [1.82, 2.24) is 10.6 Å². The van der Waals surface area contributed by atoms with E-state index in [2.05, 4.69) is 10.6 Å². The number of benzene rings is 1. The average molecular weight is 264 g/mol. The number of amides is 2. The van der Waals surface area contributed by atoms with Crippen LogP contribution in [-0.2, 0) is 16.1 Å². The second kappa shape index (κ2) is 8.97. The molecule has 104 valence electrons. The number of hydrogen-bond acceptors (Lipinski definition) is 3. The number of carbonyl (C=O) groups is 2. The quantitative estimate of drug-likeness (QED) is 0.583. The Hall–Kier alpha value is -2.04. The lowest BCUT2D eigenvalue weighted by atomic mass is 10.2. The minimum Gasteiger partial charge on any atom is -0.466 e. The maximum atomic E-state index is 11.4. The van der Waals surface area contributed by atoms with Gasteiger partial charge in [0.15, 0.2) is 0 Å². The van der Waals surface area contributed by atoms with Crippen molar-refractivity contribution in [3.8, 4) is 0 Å². The molecule has 0 fully saturated rings. The van der Waals surface area contributed by atoms with Crippen LogP contribution in [0.1, 0.15) is 25.3 Å². The molecule has 0 aliphatic heterocycles. The van der Waals surface area contributed by atoms with E-state index in [1.54, 1.807) is 6.92 Å². The first-order valence-electron chi connectivity index (χ1n) is 6.43. The van der Waals surface area contributed by atoms with E-state index in [4.69, 9.17) is 4.74 Å². The van der Waals surface area contributed by atoms with E-state index in [1.165, 1.54) is 0 Å². The third-order valence-corrected chi connectivity index (χ3v) is 2.44. The van der Waals surface area contributed by atoms with Gasteiger partial charge in [0.05, 0.1) is 6.61 Å². The molecule has 1 aromatic carbocycles. The van der Waals surface area contributed by atoms with Crippen LogP contribution in [0.15, 0.2) is 30.3 Å². The van der Waals surface area contributed by atoms with Crippen LogP contribution in [-0.4, -0.2) is 25.2 Å². The highest BCUT2D eigenvalue weighted by atomic mass is 16.5. The molecule has 5 nitrogen and oxygen atoms in total. The largest absolute Gasteiger partial charge is 0.466 e. The summed E-state index contributed by atoms with van der Waals surface area (Å²) in [4.78, 5) is 22.5. The standard InChI is InChI=1S/C14H20N2O3/c1-2-19-13(17)9-6-10-15-14(18)16-11-12-7-4-3-5-8-12/h3-5,7-8H,2,6,9-11H2,1H3,(H2,15,16,18). The van der Waals surface area contributed by atoms with Crippen molar-refractivity contribution in [1.29, 1.82) is 0 Å². The third kappa shape index (κ3) is 7.08. The third-order valence-electron chi connectivity index (χ3n) is 2.44. The van der Waals surface area contributed by atoms with E-state index in [0.29, 0.717) is 32.5 Å². The number of hydrogen-bond donors (Lipinski definition) is 2. The smallest absolute Gasteiger partial charge is 0.315 e. The molecule has 0 aromatic heterocycles. The van der Waals surface area contributed by atoms with Crippen molar-refractivity contribution >= 4 is 12.0 Å². The second-order valence-corrected chi connectivity index (χ2v) is 4.00. The summed E-state index contributed by atoms with van der Waals surface area (Å²) in [6.07, 6.45) is 0.907. The van der Waals surface area contributed by atoms with Gasteiger partial charge in [-0.25, -0.2) is 4.79 Å². The van der Waals surface area contributed by atoms with Crippen molar-refractivity contribution < 1.29 is 14.3 Å². The summed E-state index contributed by atoms with van der Waals surface area (Å²) in [5.41, 5.74) is 1.05. The number of esters is 1. The van der Waals surface area contributed by atoms with Gasteiger partial charge in [0.25, 0.3) is 0 Å². The summed E-state index contributed by atoms with van der Waals surface area (Å²) in [7, 11) is 0. The van der Waals surface area contributed by atoms with E-state index >= 15 is 0 Å². The van der Waals surface area contributed by atoms with Crippen LogP contribution in [0.25, 0.3) is 0 Å². The molecular weight excluding hydrogens is 244 g/mol. The fraction of sp³-hybridized carbons (Fsp3) is 0.429. The Kier molecular flexibility index (Phi) is 7.09. The van der Waals surface area contributed by atoms with Gasteiger partial charge < -0.3 is 15.4 Å². The number of urea groups is 1. The molecule has 1 rings (SSSR count). The maximum Gasteiger partial charge on any atom is 0.315 e. The molecule has 0 unspecified atom stereocenters. The molecule has 0 spiro atoms. The summed E-state index contributed by atoms with van der Waals surface area (Å²) >= 11 is 0. The molecule has 1 aromatic rings. The zero-order chi connectivity index (χ0) is 13.9. The SMILES string of the molecule is CCOC(=O)CCCNC(=O)NCc1ccccc1. The highest BCUT2D eigenvalue weighted by Crippen LogP contribution is 1.97. The molecule has 0 atom stereocenters. The first-order valence-corrected chi connectivity index (χ1v) is 6.43. The van der Waals surface area contributed by atoms with Crippen LogP contribution in [0, 0.1) is 0 Å². The first-order chi connectivity index (χ1) is 9.22. The number of nitrogens with one attached hydrogen (secondary N) is 2. The minimum absolute atomic E-state index is 0.228. The Morgan fingerprint density at radius 3 is 2.58 bits per heavy atom. The minimum atomic E-state index is -0.229. The maximum absolute atomic E-state index is 11.4. The molecule has 5 heteroatoms. The lowest BCUT2D eigenvalue weighted by molar-refractivity contribution is -0.143. The molecule has 0 saturated heterocycles. The van der Waals surface area contributed by atoms with Crippen molar-refractivity contribution in [2.45, 2.75) is 26.3 Å². The Labute approximate surface area is 113 Å². The predicted molar refractivity (Wildman–Crippen MR) is 72.5 cm³/mol. The summed E-state index contributed by atoms with van der Waals surface area (Å²) in [6, 6.07) is 9.44. The van der Waals surface area contributed by atoms with Crippen molar-refractivity contribution in [3.05, 3.63) is 35.9 Å². The van der Waals surface area contributed by atoms with Crippen LogP contribution < -0.4 is 10.6 Å². The van der Waals surface area contributed by atoms with Gasteiger partial charge in [-0.2, -0.15) is 0 Å². The van der Waals surface area contributed by atoms with Crippen LogP contribution in [0.5, 0.6) is 0 Å². The van der Waals surface area contributed by atoms with Gasteiger partial charge in [-0.15, -0.1) is 0 Å². The van der Waals surface area contributed by atoms with E-state index in [9.17, 15) is 9.59 Å². The average Bonchev–Trinajstić information content (AvgIpc) is 2.43. The van der Waals surface area contributed by atoms with Gasteiger partial charge in [-0.05, 0) is 18.9 Å². The molecule has 0 bridgehead atoms. The fourth-order valence-electron chi connectivity index (χ4n) is 1.51. The van der Waals surface area contributed by atoms with Crippen LogP contribution in [0.4, 0.5) is 4.79 Å². The van der Waals surface area contributed by atoms with Crippen molar-refractivity contribution in [3.63, 3.8) is 0 Å². The molecule has 19 heavy (non-hydrogen) atoms. The van der Waals surface area contributed by atoms with Crippen LogP contribution >= 0.6 is 0 Å². The van der Waals surface area contributed by atoms with Crippen LogP contribution in [0.3, 0.4) is 0 Å². The highest BCUT2D eigenvalue weighted by Gasteiger charge is 2.03. The Balaban J connectivity index is 2.07. The molecule has 0 saturated carbocycles. The van der Waals surface area contributed by atoms with Crippen molar-refractivity contribution in [2.75, 3.05) is 13.2 Å². The van der Waals surface area contributed by atoms with Gasteiger partial charge in [-0.1, -0.05) is 30.3 Å². The number of rotatable bonds is 7. The lowest BCUT2D eigenvalue weighted by Crippen LogP contribution is -2.35.